The van der Waals surface area contributed by atoms with Crippen molar-refractivity contribution >= 4 is 24.2 Å². The smallest absolute Gasteiger partial charge is 0.423 e. The van der Waals surface area contributed by atoms with E-state index in [-0.39, 0.29) is 11.4 Å². The second-order valence-corrected chi connectivity index (χ2v) is 3.15. The summed E-state index contributed by atoms with van der Waals surface area (Å²) in [5, 5.41) is 20.6. The standard InChI is InChI=1S/C8H9BN2O3/c10-6-2-1-5(9(13)14)7-4(6)3-11-8(7)12/h1-2,13-14H,3,10H2,(H,11,12). The zero-order chi connectivity index (χ0) is 10.3. The van der Waals surface area contributed by atoms with Crippen LogP contribution in [0.3, 0.4) is 0 Å². The quantitative estimate of drug-likeness (QED) is 0.311. The number of anilines is 1. The van der Waals surface area contributed by atoms with Crippen LogP contribution in [0.15, 0.2) is 12.1 Å². The first-order valence-corrected chi connectivity index (χ1v) is 4.17. The van der Waals surface area contributed by atoms with Crippen LogP contribution in [0.5, 0.6) is 0 Å². The minimum Gasteiger partial charge on any atom is -0.423 e. The van der Waals surface area contributed by atoms with Crippen molar-refractivity contribution in [2.45, 2.75) is 6.54 Å². The van der Waals surface area contributed by atoms with Crippen LogP contribution >= 0.6 is 0 Å². The summed E-state index contributed by atoms with van der Waals surface area (Å²) >= 11 is 0. The molecule has 1 aromatic rings. The number of rotatable bonds is 1. The summed E-state index contributed by atoms with van der Waals surface area (Å²) in [6.07, 6.45) is 0. The van der Waals surface area contributed by atoms with Gasteiger partial charge in [0, 0.05) is 23.4 Å². The van der Waals surface area contributed by atoms with Crippen LogP contribution in [-0.4, -0.2) is 23.1 Å². The van der Waals surface area contributed by atoms with Crippen molar-refractivity contribution in [3.8, 4) is 0 Å². The Balaban J connectivity index is 2.66. The lowest BCUT2D eigenvalue weighted by Gasteiger charge is -2.06. The Kier molecular flexibility index (Phi) is 1.94. The third kappa shape index (κ3) is 1.16. The van der Waals surface area contributed by atoms with Crippen molar-refractivity contribution in [1.82, 2.24) is 5.32 Å². The molecule has 0 atom stereocenters. The number of carbonyl (C=O) groups excluding carboxylic acids is 1. The number of fused-ring (bicyclic) bond motifs is 1. The Hall–Kier alpha value is -1.53. The van der Waals surface area contributed by atoms with Gasteiger partial charge in [0.1, 0.15) is 0 Å². The van der Waals surface area contributed by atoms with E-state index in [1.54, 1.807) is 6.07 Å². The highest BCUT2D eigenvalue weighted by atomic mass is 16.4. The molecule has 0 saturated carbocycles. The monoisotopic (exact) mass is 192 g/mol. The van der Waals surface area contributed by atoms with Gasteiger partial charge in [-0.15, -0.1) is 0 Å². The highest BCUT2D eigenvalue weighted by Gasteiger charge is 2.28. The van der Waals surface area contributed by atoms with Crippen molar-refractivity contribution in [2.24, 2.45) is 0 Å². The predicted octanol–water partition coefficient (Wildman–Crippen LogP) is -1.81. The molecule has 1 heterocycles. The lowest BCUT2D eigenvalue weighted by molar-refractivity contribution is 0.0966. The van der Waals surface area contributed by atoms with E-state index >= 15 is 0 Å². The molecule has 0 saturated heterocycles. The maximum absolute atomic E-state index is 11.4. The minimum absolute atomic E-state index is 0.198. The number of benzene rings is 1. The maximum atomic E-state index is 11.4. The van der Waals surface area contributed by atoms with E-state index in [1.807, 2.05) is 0 Å². The van der Waals surface area contributed by atoms with Gasteiger partial charge in [0.25, 0.3) is 5.91 Å². The molecule has 5 N–H and O–H groups in total. The molecule has 1 aliphatic rings. The van der Waals surface area contributed by atoms with Gasteiger partial charge in [0.05, 0.1) is 0 Å². The number of carbonyl (C=O) groups is 1. The fourth-order valence-electron chi connectivity index (χ4n) is 1.61. The van der Waals surface area contributed by atoms with E-state index in [1.165, 1.54) is 6.07 Å². The lowest BCUT2D eigenvalue weighted by Crippen LogP contribution is -2.35. The molecule has 0 unspecified atom stereocenters. The van der Waals surface area contributed by atoms with E-state index < -0.39 is 7.12 Å². The Labute approximate surface area is 80.7 Å². The summed E-state index contributed by atoms with van der Waals surface area (Å²) < 4.78 is 0. The molecule has 0 fully saturated rings. The molecular weight excluding hydrogens is 183 g/mol. The number of hydrogen-bond acceptors (Lipinski definition) is 4. The topological polar surface area (TPSA) is 95.6 Å². The van der Waals surface area contributed by atoms with Gasteiger partial charge in [-0.05, 0) is 11.5 Å². The van der Waals surface area contributed by atoms with Gasteiger partial charge in [0.2, 0.25) is 0 Å². The van der Waals surface area contributed by atoms with Crippen molar-refractivity contribution in [1.29, 1.82) is 0 Å². The van der Waals surface area contributed by atoms with Crippen LogP contribution < -0.4 is 16.5 Å². The molecule has 0 radical (unpaired) electrons. The van der Waals surface area contributed by atoms with Crippen molar-refractivity contribution in [3.63, 3.8) is 0 Å². The van der Waals surface area contributed by atoms with Crippen LogP contribution in [0.1, 0.15) is 15.9 Å². The SMILES string of the molecule is Nc1ccc(B(O)O)c2c1CNC2=O. The molecule has 2 rings (SSSR count). The molecule has 72 valence electrons. The van der Waals surface area contributed by atoms with Crippen molar-refractivity contribution in [2.75, 3.05) is 5.73 Å². The molecule has 14 heavy (non-hydrogen) atoms. The van der Waals surface area contributed by atoms with Gasteiger partial charge in [0.15, 0.2) is 0 Å². The summed E-state index contributed by atoms with van der Waals surface area (Å²) in [5.41, 5.74) is 7.27. The number of nitrogen functional groups attached to an aromatic ring is 1. The second-order valence-electron chi connectivity index (χ2n) is 3.15. The zero-order valence-electron chi connectivity index (χ0n) is 7.32. The molecule has 0 spiro atoms. The van der Waals surface area contributed by atoms with Crippen LogP contribution in [0.4, 0.5) is 5.69 Å². The molecule has 5 nitrogen and oxygen atoms in total. The lowest BCUT2D eigenvalue weighted by atomic mass is 9.76. The Bertz CT molecular complexity index is 406. The van der Waals surface area contributed by atoms with Crippen molar-refractivity contribution in [3.05, 3.63) is 23.3 Å². The van der Waals surface area contributed by atoms with Crippen molar-refractivity contribution < 1.29 is 14.8 Å². The Morgan fingerprint density at radius 2 is 2.14 bits per heavy atom. The summed E-state index contributed by atoms with van der Waals surface area (Å²) in [6, 6.07) is 3.01. The highest BCUT2D eigenvalue weighted by Crippen LogP contribution is 2.20. The first-order chi connectivity index (χ1) is 6.61. The van der Waals surface area contributed by atoms with Gasteiger partial charge in [-0.25, -0.2) is 0 Å². The molecule has 0 bridgehead atoms. The molecule has 1 aliphatic heterocycles. The highest BCUT2D eigenvalue weighted by molar-refractivity contribution is 6.60. The van der Waals surface area contributed by atoms with Gasteiger partial charge < -0.3 is 21.1 Å². The van der Waals surface area contributed by atoms with Crippen LogP contribution in [0.25, 0.3) is 0 Å². The maximum Gasteiger partial charge on any atom is 0.489 e. The van der Waals surface area contributed by atoms with Crippen LogP contribution in [0, 0.1) is 0 Å². The fourth-order valence-corrected chi connectivity index (χ4v) is 1.61. The van der Waals surface area contributed by atoms with Crippen LogP contribution in [0.2, 0.25) is 0 Å². The summed E-state index contributed by atoms with van der Waals surface area (Å²) in [4.78, 5) is 11.4. The third-order valence-electron chi connectivity index (χ3n) is 2.31. The van der Waals surface area contributed by atoms with E-state index in [9.17, 15) is 4.79 Å². The normalized spacial score (nSPS) is 13.7. The van der Waals surface area contributed by atoms with Gasteiger partial charge in [-0.2, -0.15) is 0 Å². The molecule has 1 aromatic carbocycles. The number of hydrogen-bond donors (Lipinski definition) is 4. The molecule has 1 amide bonds. The summed E-state index contributed by atoms with van der Waals surface area (Å²) in [6.45, 7) is 0.348. The van der Waals surface area contributed by atoms with Gasteiger partial charge in [-0.1, -0.05) is 6.07 Å². The van der Waals surface area contributed by atoms with E-state index in [4.69, 9.17) is 15.8 Å². The summed E-state index contributed by atoms with van der Waals surface area (Å²) in [7, 11) is -1.65. The van der Waals surface area contributed by atoms with E-state index in [0.29, 0.717) is 23.4 Å². The number of nitrogens with two attached hydrogens (primary N) is 1. The average molecular weight is 192 g/mol. The first-order valence-electron chi connectivity index (χ1n) is 4.17. The number of nitrogens with one attached hydrogen (secondary N) is 1. The zero-order valence-corrected chi connectivity index (χ0v) is 7.32. The van der Waals surface area contributed by atoms with E-state index in [2.05, 4.69) is 5.32 Å². The fraction of sp³-hybridized carbons (Fsp3) is 0.125. The minimum atomic E-state index is -1.65. The van der Waals surface area contributed by atoms with Crippen LogP contribution in [-0.2, 0) is 6.54 Å². The third-order valence-corrected chi connectivity index (χ3v) is 2.31. The largest absolute Gasteiger partial charge is 0.489 e. The van der Waals surface area contributed by atoms with Gasteiger partial charge in [-0.3, -0.25) is 4.79 Å². The second kappa shape index (κ2) is 3.00. The predicted molar refractivity (Wildman–Crippen MR) is 51.9 cm³/mol. The van der Waals surface area contributed by atoms with Gasteiger partial charge >= 0.3 is 7.12 Å². The molecular formula is C8H9BN2O3. The first kappa shape index (κ1) is 9.05. The molecule has 6 heteroatoms. The Morgan fingerprint density at radius 3 is 2.79 bits per heavy atom. The average Bonchev–Trinajstić information content (AvgIpc) is 2.50. The molecule has 0 aliphatic carbocycles. The Morgan fingerprint density at radius 1 is 1.43 bits per heavy atom. The molecule has 0 aromatic heterocycles. The summed E-state index contributed by atoms with van der Waals surface area (Å²) in [5.74, 6) is -0.310. The van der Waals surface area contributed by atoms with E-state index in [0.717, 1.165) is 0 Å². The number of amides is 1.